The highest BCUT2D eigenvalue weighted by molar-refractivity contribution is 5.85. The lowest BCUT2D eigenvalue weighted by atomic mass is 9.95. The predicted octanol–water partition coefficient (Wildman–Crippen LogP) is 3.42. The van der Waals surface area contributed by atoms with Crippen molar-refractivity contribution in [2.45, 2.75) is 65.0 Å². The third-order valence-electron chi connectivity index (χ3n) is 5.08. The predicted molar refractivity (Wildman–Crippen MR) is 101 cm³/mol. The highest BCUT2D eigenvalue weighted by atomic mass is 16.4. The van der Waals surface area contributed by atoms with Crippen molar-refractivity contribution in [1.29, 1.82) is 0 Å². The van der Waals surface area contributed by atoms with Crippen LogP contribution in [-0.4, -0.2) is 56.6 Å². The van der Waals surface area contributed by atoms with Gasteiger partial charge >= 0.3 is 6.09 Å². The molecule has 0 bridgehead atoms. The molecule has 1 aromatic rings. The molecule has 144 valence electrons. The Labute approximate surface area is 156 Å². The summed E-state index contributed by atoms with van der Waals surface area (Å²) >= 11 is 0. The topological polar surface area (TPSA) is 73.7 Å². The number of pyridine rings is 1. The lowest BCUT2D eigenvalue weighted by Crippen LogP contribution is -2.58. The van der Waals surface area contributed by atoms with Gasteiger partial charge in [-0.15, -0.1) is 0 Å². The van der Waals surface area contributed by atoms with E-state index in [1.54, 1.807) is 12.4 Å². The fraction of sp³-hybridized carbons (Fsp3) is 0.650. The standard InChI is InChI=1S/C20H31N3O3/c1-15-9-13-22(14-10-15)18(24)17(23(19(25)26)20(2,3)4)6-5-16-7-11-21-12-8-16/h7-8,11-12,15,17H,5-6,9-10,13-14H2,1-4H3,(H,25,26). The Bertz CT molecular complexity index is 604. The molecule has 0 saturated carbocycles. The van der Waals surface area contributed by atoms with E-state index in [0.717, 1.165) is 18.4 Å². The van der Waals surface area contributed by atoms with Gasteiger partial charge in [-0.3, -0.25) is 14.7 Å². The number of aryl methyl sites for hydroxylation is 1. The molecule has 1 fully saturated rings. The zero-order valence-electron chi connectivity index (χ0n) is 16.3. The summed E-state index contributed by atoms with van der Waals surface area (Å²) in [5.41, 5.74) is 0.414. The van der Waals surface area contributed by atoms with Crippen LogP contribution in [0, 0.1) is 5.92 Å². The number of carbonyl (C=O) groups excluding carboxylic acids is 1. The molecule has 2 amide bonds. The molecule has 1 aliphatic heterocycles. The van der Waals surface area contributed by atoms with Gasteiger partial charge in [0.2, 0.25) is 5.91 Å². The monoisotopic (exact) mass is 361 g/mol. The van der Waals surface area contributed by atoms with E-state index in [2.05, 4.69) is 11.9 Å². The van der Waals surface area contributed by atoms with Crippen molar-refractivity contribution >= 4 is 12.0 Å². The molecule has 1 aliphatic rings. The van der Waals surface area contributed by atoms with Gasteiger partial charge in [-0.25, -0.2) is 4.79 Å². The summed E-state index contributed by atoms with van der Waals surface area (Å²) in [5.74, 6) is 0.552. The number of aromatic nitrogens is 1. The summed E-state index contributed by atoms with van der Waals surface area (Å²) in [6, 6.07) is 3.15. The molecule has 1 aromatic heterocycles. The van der Waals surface area contributed by atoms with E-state index in [1.165, 1.54) is 4.90 Å². The van der Waals surface area contributed by atoms with Crippen LogP contribution < -0.4 is 0 Å². The molecule has 1 saturated heterocycles. The number of rotatable bonds is 5. The summed E-state index contributed by atoms with van der Waals surface area (Å²) < 4.78 is 0. The minimum Gasteiger partial charge on any atom is -0.465 e. The lowest BCUT2D eigenvalue weighted by molar-refractivity contribution is -0.139. The van der Waals surface area contributed by atoms with Crippen LogP contribution in [0.15, 0.2) is 24.5 Å². The quantitative estimate of drug-likeness (QED) is 0.872. The summed E-state index contributed by atoms with van der Waals surface area (Å²) in [6.45, 7) is 9.14. The third-order valence-corrected chi connectivity index (χ3v) is 5.08. The van der Waals surface area contributed by atoms with Crippen LogP contribution in [0.2, 0.25) is 0 Å². The molecule has 2 heterocycles. The molecule has 0 aromatic carbocycles. The van der Waals surface area contributed by atoms with Gasteiger partial charge in [0.25, 0.3) is 0 Å². The largest absolute Gasteiger partial charge is 0.465 e. The summed E-state index contributed by atoms with van der Waals surface area (Å²) in [5, 5.41) is 9.81. The number of amides is 2. The molecule has 6 heteroatoms. The molecular weight excluding hydrogens is 330 g/mol. The molecule has 0 radical (unpaired) electrons. The maximum atomic E-state index is 13.2. The van der Waals surface area contributed by atoms with Crippen molar-refractivity contribution in [3.05, 3.63) is 30.1 Å². The van der Waals surface area contributed by atoms with Crippen molar-refractivity contribution < 1.29 is 14.7 Å². The summed E-state index contributed by atoms with van der Waals surface area (Å²) in [7, 11) is 0. The van der Waals surface area contributed by atoms with Crippen LogP contribution in [0.1, 0.15) is 52.5 Å². The Morgan fingerprint density at radius 3 is 2.35 bits per heavy atom. The number of hydrogen-bond donors (Lipinski definition) is 1. The van der Waals surface area contributed by atoms with Gasteiger partial charge < -0.3 is 10.0 Å². The average molecular weight is 361 g/mol. The van der Waals surface area contributed by atoms with Gasteiger partial charge in [-0.1, -0.05) is 6.92 Å². The maximum Gasteiger partial charge on any atom is 0.408 e. The number of nitrogens with zero attached hydrogens (tertiary/aromatic N) is 3. The number of piperidine rings is 1. The van der Waals surface area contributed by atoms with E-state index in [1.807, 2.05) is 37.8 Å². The average Bonchev–Trinajstić information content (AvgIpc) is 2.58. The highest BCUT2D eigenvalue weighted by Crippen LogP contribution is 2.25. The van der Waals surface area contributed by atoms with E-state index in [0.29, 0.717) is 31.8 Å². The molecule has 1 N–H and O–H groups in total. The normalized spacial score (nSPS) is 17.0. The Hall–Kier alpha value is -2.11. The molecule has 2 rings (SSSR count). The second-order valence-electron chi connectivity index (χ2n) is 8.24. The first-order valence-electron chi connectivity index (χ1n) is 9.40. The van der Waals surface area contributed by atoms with E-state index in [-0.39, 0.29) is 5.91 Å². The molecule has 26 heavy (non-hydrogen) atoms. The van der Waals surface area contributed by atoms with Crippen molar-refractivity contribution in [3.8, 4) is 0 Å². The number of carboxylic acid groups (broad SMARTS) is 1. The highest BCUT2D eigenvalue weighted by Gasteiger charge is 2.39. The van der Waals surface area contributed by atoms with Gasteiger partial charge in [0.15, 0.2) is 0 Å². The van der Waals surface area contributed by atoms with Gasteiger partial charge in [0.05, 0.1) is 0 Å². The van der Waals surface area contributed by atoms with E-state index >= 15 is 0 Å². The zero-order chi connectivity index (χ0) is 19.3. The van der Waals surface area contributed by atoms with Crippen LogP contribution >= 0.6 is 0 Å². The molecular formula is C20H31N3O3. The van der Waals surface area contributed by atoms with Crippen molar-refractivity contribution in [3.63, 3.8) is 0 Å². The van der Waals surface area contributed by atoms with Gasteiger partial charge in [-0.2, -0.15) is 0 Å². The first-order valence-corrected chi connectivity index (χ1v) is 9.40. The van der Waals surface area contributed by atoms with Gasteiger partial charge in [-0.05, 0) is 70.1 Å². The van der Waals surface area contributed by atoms with E-state index in [9.17, 15) is 14.7 Å². The Morgan fingerprint density at radius 1 is 1.27 bits per heavy atom. The first-order chi connectivity index (χ1) is 12.2. The van der Waals surface area contributed by atoms with Crippen LogP contribution in [0.3, 0.4) is 0 Å². The van der Waals surface area contributed by atoms with Gasteiger partial charge in [0.1, 0.15) is 6.04 Å². The summed E-state index contributed by atoms with van der Waals surface area (Å²) in [4.78, 5) is 32.4. The molecule has 0 aliphatic carbocycles. The minimum atomic E-state index is -1.05. The van der Waals surface area contributed by atoms with Crippen LogP contribution in [-0.2, 0) is 11.2 Å². The smallest absolute Gasteiger partial charge is 0.408 e. The molecule has 1 unspecified atom stereocenters. The number of hydrogen-bond acceptors (Lipinski definition) is 3. The molecule has 0 spiro atoms. The number of carbonyl (C=O) groups is 2. The third kappa shape index (κ3) is 5.19. The Morgan fingerprint density at radius 2 is 1.85 bits per heavy atom. The second kappa shape index (κ2) is 8.52. The van der Waals surface area contributed by atoms with Crippen LogP contribution in [0.4, 0.5) is 4.79 Å². The van der Waals surface area contributed by atoms with Crippen LogP contribution in [0.25, 0.3) is 0 Å². The van der Waals surface area contributed by atoms with E-state index < -0.39 is 17.7 Å². The van der Waals surface area contributed by atoms with Crippen LogP contribution in [0.5, 0.6) is 0 Å². The zero-order valence-corrected chi connectivity index (χ0v) is 16.3. The first kappa shape index (κ1) is 20.2. The fourth-order valence-electron chi connectivity index (χ4n) is 3.54. The Kier molecular flexibility index (Phi) is 6.62. The van der Waals surface area contributed by atoms with Crippen molar-refractivity contribution in [2.24, 2.45) is 5.92 Å². The lowest BCUT2D eigenvalue weighted by Gasteiger charge is -2.42. The van der Waals surface area contributed by atoms with Crippen molar-refractivity contribution in [1.82, 2.24) is 14.8 Å². The Balaban J connectivity index is 2.22. The SMILES string of the molecule is CC1CCN(C(=O)C(CCc2ccncc2)N(C(=O)O)C(C)(C)C)CC1. The van der Waals surface area contributed by atoms with Gasteiger partial charge in [0, 0.05) is 31.0 Å². The molecule has 6 nitrogen and oxygen atoms in total. The second-order valence-corrected chi connectivity index (χ2v) is 8.24. The fourth-order valence-corrected chi connectivity index (χ4v) is 3.54. The minimum absolute atomic E-state index is 0.0664. The number of likely N-dealkylation sites (tertiary alicyclic amines) is 1. The molecule has 1 atom stereocenters. The maximum absolute atomic E-state index is 13.2. The summed E-state index contributed by atoms with van der Waals surface area (Å²) in [6.07, 6.45) is 5.46. The van der Waals surface area contributed by atoms with E-state index in [4.69, 9.17) is 0 Å². The van der Waals surface area contributed by atoms with Crippen molar-refractivity contribution in [2.75, 3.05) is 13.1 Å².